The first-order valence-corrected chi connectivity index (χ1v) is 10.5. The first kappa shape index (κ1) is 24.1. The summed E-state index contributed by atoms with van der Waals surface area (Å²) in [7, 11) is -4.33. The van der Waals surface area contributed by atoms with Crippen molar-refractivity contribution in [2.24, 2.45) is 0 Å². The molecule has 4 aromatic rings. The van der Waals surface area contributed by atoms with E-state index >= 15 is 0 Å². The maximum atomic E-state index is 9.75. The quantitative estimate of drug-likeness (QED) is 0.333. The number of benzene rings is 3. The second-order valence-corrected chi connectivity index (χ2v) is 7.27. The van der Waals surface area contributed by atoms with Gasteiger partial charge in [0, 0.05) is 11.1 Å². The van der Waals surface area contributed by atoms with Gasteiger partial charge in [-0.1, -0.05) is 43.3 Å². The maximum Gasteiger partial charge on any atom is 0.673 e. The molecule has 0 amide bonds. The minimum Gasteiger partial charge on any atom is -0.497 e. The molecule has 0 bridgehead atoms. The summed E-state index contributed by atoms with van der Waals surface area (Å²) in [5.74, 6) is 1.66. The van der Waals surface area contributed by atoms with Crippen molar-refractivity contribution in [3.05, 3.63) is 95.3 Å². The minimum atomic E-state index is -6.00. The van der Waals surface area contributed by atoms with Gasteiger partial charge >= 0.3 is 7.25 Å². The van der Waals surface area contributed by atoms with Crippen LogP contribution in [0.5, 0.6) is 5.75 Å². The van der Waals surface area contributed by atoms with Gasteiger partial charge in [-0.05, 0) is 48.4 Å². The molecule has 8 heteroatoms. The summed E-state index contributed by atoms with van der Waals surface area (Å²) < 4.78 is 50.5. The van der Waals surface area contributed by atoms with Gasteiger partial charge in [0.25, 0.3) is 0 Å². The van der Waals surface area contributed by atoms with Crippen molar-refractivity contribution in [2.45, 2.75) is 19.9 Å². The molecule has 0 radical (unpaired) electrons. The zero-order valence-corrected chi connectivity index (χ0v) is 18.3. The van der Waals surface area contributed by atoms with Crippen LogP contribution in [-0.4, -0.2) is 14.4 Å². The molecule has 172 valence electrons. The number of aryl methyl sites for hydroxylation is 1. The van der Waals surface area contributed by atoms with Crippen molar-refractivity contribution in [3.63, 3.8) is 0 Å². The Bertz CT molecular complexity index is 1250. The highest BCUT2D eigenvalue weighted by atomic mass is 19.5. The van der Waals surface area contributed by atoms with Crippen molar-refractivity contribution in [2.75, 3.05) is 7.11 Å². The summed E-state index contributed by atoms with van der Waals surface area (Å²) in [4.78, 5) is 3.60. The average molecular weight is 457 g/mol. The van der Waals surface area contributed by atoms with Gasteiger partial charge in [-0.25, -0.2) is 4.99 Å². The summed E-state index contributed by atoms with van der Waals surface area (Å²) in [6, 6.07) is 26.9. The van der Waals surface area contributed by atoms with Crippen LogP contribution in [0, 0.1) is 0 Å². The molecule has 3 aromatic carbocycles. The highest BCUT2D eigenvalue weighted by Gasteiger charge is 2.20. The normalized spacial score (nSPS) is 11.8. The Morgan fingerprint density at radius 2 is 1.52 bits per heavy atom. The van der Waals surface area contributed by atoms with Crippen LogP contribution in [0.3, 0.4) is 0 Å². The summed E-state index contributed by atoms with van der Waals surface area (Å²) in [6.07, 6.45) is 0.994. The average Bonchev–Trinajstić information content (AvgIpc) is 2.81. The number of fused-ring (bicyclic) bond motifs is 1. The Kier molecular flexibility index (Phi) is 7.93. The Morgan fingerprint density at radius 1 is 0.848 bits per heavy atom. The standard InChI is InChI=1S/C25H23NO2.BF4/c1-3-18-9-14-24-22(15-18)23(26-17-19-7-5-4-6-8-19)16-25(28-24)20-10-12-21(27-2)13-11-20;2-1(3,4)5/h4-16H,3,17H2,1-2H3;/q;-1/p+1. The van der Waals surface area contributed by atoms with Crippen LogP contribution in [0.1, 0.15) is 18.1 Å². The number of methoxy groups -OCH3 is 1. The zero-order chi connectivity index (χ0) is 23.8. The van der Waals surface area contributed by atoms with E-state index in [-0.39, 0.29) is 0 Å². The van der Waals surface area contributed by atoms with Crippen LogP contribution in [0.4, 0.5) is 17.3 Å². The second-order valence-electron chi connectivity index (χ2n) is 7.27. The molecule has 0 atom stereocenters. The van der Waals surface area contributed by atoms with E-state index in [1.165, 1.54) is 11.1 Å². The molecule has 0 saturated carbocycles. The summed E-state index contributed by atoms with van der Waals surface area (Å²) >= 11 is 0. The molecule has 0 spiro atoms. The van der Waals surface area contributed by atoms with E-state index < -0.39 is 7.25 Å². The van der Waals surface area contributed by atoms with Gasteiger partial charge in [0.15, 0.2) is 6.54 Å². The lowest BCUT2D eigenvalue weighted by atomic mass is 10.1. The van der Waals surface area contributed by atoms with Crippen LogP contribution < -0.4 is 15.1 Å². The maximum absolute atomic E-state index is 9.75. The highest BCUT2D eigenvalue weighted by molar-refractivity contribution is 6.50. The van der Waals surface area contributed by atoms with E-state index in [0.29, 0.717) is 0 Å². The highest BCUT2D eigenvalue weighted by Crippen LogP contribution is 2.24. The van der Waals surface area contributed by atoms with Crippen LogP contribution in [0.15, 0.2) is 83.3 Å². The molecule has 0 aliphatic heterocycles. The lowest BCUT2D eigenvalue weighted by molar-refractivity contribution is -0.516. The first-order valence-electron chi connectivity index (χ1n) is 10.5. The molecule has 0 saturated heterocycles. The fourth-order valence-electron chi connectivity index (χ4n) is 3.29. The van der Waals surface area contributed by atoms with Gasteiger partial charge in [-0.15, -0.1) is 0 Å². The third-order valence-corrected chi connectivity index (χ3v) is 4.94. The number of halogens is 4. The molecular weight excluding hydrogens is 433 g/mol. The molecule has 0 fully saturated rings. The van der Waals surface area contributed by atoms with Gasteiger partial charge in [0.1, 0.15) is 17.1 Å². The monoisotopic (exact) mass is 457 g/mol. The smallest absolute Gasteiger partial charge is 0.497 e. The van der Waals surface area contributed by atoms with Gasteiger partial charge in [-0.3, -0.25) is 0 Å². The van der Waals surface area contributed by atoms with Gasteiger partial charge in [0.05, 0.1) is 18.6 Å². The van der Waals surface area contributed by atoms with Crippen LogP contribution in [0.25, 0.3) is 22.3 Å². The number of hydrogen-bond acceptors (Lipinski definition) is 2. The molecule has 4 rings (SSSR count). The Labute approximate surface area is 189 Å². The molecule has 1 aromatic heterocycles. The fraction of sp³-hybridized carbons (Fsp3) is 0.160. The number of hydrogen-bond donors (Lipinski definition) is 1. The van der Waals surface area contributed by atoms with Gasteiger partial charge in [-0.2, -0.15) is 0 Å². The fourth-order valence-corrected chi connectivity index (χ4v) is 3.29. The van der Waals surface area contributed by atoms with Crippen molar-refractivity contribution in [3.8, 4) is 17.1 Å². The second kappa shape index (κ2) is 10.9. The van der Waals surface area contributed by atoms with Crippen LogP contribution in [-0.2, 0) is 13.0 Å². The van der Waals surface area contributed by atoms with Gasteiger partial charge in [0.2, 0.25) is 5.36 Å². The van der Waals surface area contributed by atoms with Crippen molar-refractivity contribution in [1.29, 1.82) is 0 Å². The third kappa shape index (κ3) is 7.24. The Hall–Kier alpha value is -3.55. The molecule has 0 unspecified atom stereocenters. The van der Waals surface area contributed by atoms with E-state index in [9.17, 15) is 17.3 Å². The summed E-state index contributed by atoms with van der Waals surface area (Å²) in [5, 5.41) is 2.18. The summed E-state index contributed by atoms with van der Waals surface area (Å²) in [6.45, 7) is 2.93. The number of ether oxygens (including phenoxy) is 1. The van der Waals surface area contributed by atoms with E-state index in [4.69, 9.17) is 9.15 Å². The lowest BCUT2D eigenvalue weighted by Gasteiger charge is -2.06. The third-order valence-electron chi connectivity index (χ3n) is 4.94. The van der Waals surface area contributed by atoms with Crippen molar-refractivity contribution >= 4 is 18.2 Å². The summed E-state index contributed by atoms with van der Waals surface area (Å²) in [5.41, 5.74) is 4.43. The Balaban J connectivity index is 0.000000555. The molecule has 1 heterocycles. The molecule has 1 N–H and O–H groups in total. The topological polar surface area (TPSA) is 36.3 Å². The Morgan fingerprint density at radius 3 is 2.12 bits per heavy atom. The van der Waals surface area contributed by atoms with E-state index in [1.807, 2.05) is 30.3 Å². The van der Waals surface area contributed by atoms with Crippen LogP contribution in [0.2, 0.25) is 0 Å². The molecule has 0 aliphatic rings. The lowest BCUT2D eigenvalue weighted by Crippen LogP contribution is -2.75. The molecular formula is C25H24BF4NO2. The zero-order valence-electron chi connectivity index (χ0n) is 18.3. The predicted octanol–water partition coefficient (Wildman–Crippen LogP) is 5.15. The van der Waals surface area contributed by atoms with Crippen LogP contribution >= 0.6 is 0 Å². The van der Waals surface area contributed by atoms with E-state index in [1.54, 1.807) is 7.11 Å². The molecule has 33 heavy (non-hydrogen) atoms. The minimum absolute atomic E-state index is 0.762. The number of rotatable bonds is 5. The molecule has 3 nitrogen and oxygen atoms in total. The van der Waals surface area contributed by atoms with E-state index in [2.05, 4.69) is 60.4 Å². The SMILES string of the molecule is CCc1ccc2oc(-c3ccc(OC)cc3)cc(=[NH+]Cc3ccccc3)c2c1.F[B-](F)(F)F. The number of nitrogens with one attached hydrogen (secondary N) is 1. The predicted molar refractivity (Wildman–Crippen MR) is 122 cm³/mol. The first-order chi connectivity index (χ1) is 15.8. The van der Waals surface area contributed by atoms with Crippen molar-refractivity contribution in [1.82, 2.24) is 0 Å². The van der Waals surface area contributed by atoms with E-state index in [0.717, 1.165) is 46.4 Å². The molecule has 0 aliphatic carbocycles. The van der Waals surface area contributed by atoms with Gasteiger partial charge < -0.3 is 26.4 Å². The largest absolute Gasteiger partial charge is 0.673 e. The van der Waals surface area contributed by atoms with Crippen molar-refractivity contribution < 1.29 is 31.4 Å².